The van der Waals surface area contributed by atoms with E-state index in [0.717, 1.165) is 13.0 Å². The van der Waals surface area contributed by atoms with Crippen LogP contribution < -0.4 is 10.0 Å². The predicted octanol–water partition coefficient (Wildman–Crippen LogP) is 1.65. The summed E-state index contributed by atoms with van der Waals surface area (Å²) in [6, 6.07) is 3.15. The first-order valence-electron chi connectivity index (χ1n) is 6.22. The zero-order valence-corrected chi connectivity index (χ0v) is 12.0. The van der Waals surface area contributed by atoms with E-state index in [1.54, 1.807) is 26.0 Å². The molecular weight excluding hydrogens is 252 g/mol. The van der Waals surface area contributed by atoms with Gasteiger partial charge in [0.1, 0.15) is 5.76 Å². The fourth-order valence-electron chi connectivity index (χ4n) is 1.55. The van der Waals surface area contributed by atoms with E-state index < -0.39 is 15.3 Å². The Morgan fingerprint density at radius 1 is 1.39 bits per heavy atom. The number of furan rings is 1. The van der Waals surface area contributed by atoms with Gasteiger partial charge in [-0.1, -0.05) is 6.92 Å². The van der Waals surface area contributed by atoms with E-state index in [0.29, 0.717) is 12.3 Å². The molecule has 0 saturated carbocycles. The van der Waals surface area contributed by atoms with Gasteiger partial charge in [0.2, 0.25) is 10.0 Å². The van der Waals surface area contributed by atoms with Crippen molar-refractivity contribution in [3.63, 3.8) is 0 Å². The molecule has 0 fully saturated rings. The average Bonchev–Trinajstić information content (AvgIpc) is 2.82. The topological polar surface area (TPSA) is 71.3 Å². The smallest absolute Gasteiger partial charge is 0.216 e. The lowest BCUT2D eigenvalue weighted by molar-refractivity contribution is 0.456. The van der Waals surface area contributed by atoms with Gasteiger partial charge in [0, 0.05) is 6.54 Å². The lowest BCUT2D eigenvalue weighted by atomic mass is 10.3. The van der Waals surface area contributed by atoms with Crippen molar-refractivity contribution in [2.75, 3.05) is 13.1 Å². The molecular formula is C12H22N2O3S. The molecule has 0 aliphatic heterocycles. The zero-order valence-electron chi connectivity index (χ0n) is 11.1. The van der Waals surface area contributed by atoms with E-state index >= 15 is 0 Å². The highest BCUT2D eigenvalue weighted by Crippen LogP contribution is 2.14. The van der Waals surface area contributed by atoms with Gasteiger partial charge in [0.05, 0.1) is 17.6 Å². The van der Waals surface area contributed by atoms with Gasteiger partial charge in [-0.05, 0) is 38.9 Å². The Morgan fingerprint density at radius 3 is 2.67 bits per heavy atom. The van der Waals surface area contributed by atoms with Crippen molar-refractivity contribution in [2.45, 2.75) is 38.5 Å². The Balaban J connectivity index is 2.53. The van der Waals surface area contributed by atoms with Crippen molar-refractivity contribution < 1.29 is 12.8 Å². The molecule has 1 heterocycles. The maximum Gasteiger partial charge on any atom is 0.216 e. The van der Waals surface area contributed by atoms with Crippen LogP contribution in [0.3, 0.4) is 0 Å². The van der Waals surface area contributed by atoms with E-state index in [-0.39, 0.29) is 6.04 Å². The molecule has 1 aromatic rings. The Hall–Kier alpha value is -0.850. The number of sulfonamides is 1. The first-order chi connectivity index (χ1) is 8.47. The van der Waals surface area contributed by atoms with Gasteiger partial charge in [-0.2, -0.15) is 0 Å². The van der Waals surface area contributed by atoms with Crippen LogP contribution in [-0.2, 0) is 10.0 Å². The molecule has 0 amide bonds. The average molecular weight is 274 g/mol. The number of rotatable bonds is 8. The maximum atomic E-state index is 12.0. The zero-order chi connectivity index (χ0) is 13.6. The lowest BCUT2D eigenvalue weighted by Gasteiger charge is -2.17. The summed E-state index contributed by atoms with van der Waals surface area (Å²) in [6.07, 6.45) is 2.52. The minimum Gasteiger partial charge on any atom is -0.468 e. The molecule has 2 unspecified atom stereocenters. The fourth-order valence-corrected chi connectivity index (χ4v) is 2.73. The monoisotopic (exact) mass is 274 g/mol. The van der Waals surface area contributed by atoms with Gasteiger partial charge in [-0.3, -0.25) is 0 Å². The molecule has 0 spiro atoms. The third kappa shape index (κ3) is 4.44. The summed E-state index contributed by atoms with van der Waals surface area (Å²) in [5.41, 5.74) is 0. The SMILES string of the molecule is CCCNCC(C)S(=O)(=O)NC(C)c1ccco1. The molecule has 0 bridgehead atoms. The van der Waals surface area contributed by atoms with E-state index in [1.807, 2.05) is 6.92 Å². The lowest BCUT2D eigenvalue weighted by Crippen LogP contribution is -2.40. The Kier molecular flexibility index (Phi) is 5.84. The van der Waals surface area contributed by atoms with Crippen LogP contribution in [0.1, 0.15) is 39.0 Å². The maximum absolute atomic E-state index is 12.0. The van der Waals surface area contributed by atoms with Gasteiger partial charge >= 0.3 is 0 Å². The molecule has 6 heteroatoms. The molecule has 0 saturated heterocycles. The molecule has 18 heavy (non-hydrogen) atoms. The van der Waals surface area contributed by atoms with Crippen molar-refractivity contribution in [3.8, 4) is 0 Å². The van der Waals surface area contributed by atoms with Crippen LogP contribution in [0.25, 0.3) is 0 Å². The molecule has 5 nitrogen and oxygen atoms in total. The van der Waals surface area contributed by atoms with E-state index in [2.05, 4.69) is 10.0 Å². The molecule has 2 atom stereocenters. The van der Waals surface area contributed by atoms with Gasteiger partial charge in [-0.25, -0.2) is 13.1 Å². The quantitative estimate of drug-likeness (QED) is 0.707. The Labute approximate surface area is 109 Å². The number of hydrogen-bond acceptors (Lipinski definition) is 4. The summed E-state index contributed by atoms with van der Waals surface area (Å²) >= 11 is 0. The van der Waals surface area contributed by atoms with Crippen LogP contribution in [-0.4, -0.2) is 26.8 Å². The second-order valence-electron chi connectivity index (χ2n) is 4.41. The van der Waals surface area contributed by atoms with Crippen molar-refractivity contribution >= 4 is 10.0 Å². The van der Waals surface area contributed by atoms with Gasteiger partial charge in [-0.15, -0.1) is 0 Å². The summed E-state index contributed by atoms with van der Waals surface area (Å²) in [5.74, 6) is 0.618. The number of nitrogens with one attached hydrogen (secondary N) is 2. The van der Waals surface area contributed by atoms with E-state index in [4.69, 9.17) is 4.42 Å². The van der Waals surface area contributed by atoms with Crippen LogP contribution in [0.15, 0.2) is 22.8 Å². The first-order valence-corrected chi connectivity index (χ1v) is 7.77. The van der Waals surface area contributed by atoms with Crippen LogP contribution in [0.5, 0.6) is 0 Å². The summed E-state index contributed by atoms with van der Waals surface area (Å²) in [4.78, 5) is 0. The minimum absolute atomic E-state index is 0.348. The van der Waals surface area contributed by atoms with Gasteiger partial charge in [0.25, 0.3) is 0 Å². The van der Waals surface area contributed by atoms with E-state index in [9.17, 15) is 8.42 Å². The van der Waals surface area contributed by atoms with Crippen LogP contribution in [0.4, 0.5) is 0 Å². The normalized spacial score (nSPS) is 15.5. The minimum atomic E-state index is -3.34. The highest BCUT2D eigenvalue weighted by atomic mass is 32.2. The first kappa shape index (κ1) is 15.2. The summed E-state index contributed by atoms with van der Waals surface area (Å²) < 4.78 is 31.9. The third-order valence-corrected chi connectivity index (χ3v) is 4.61. The molecule has 1 aromatic heterocycles. The van der Waals surface area contributed by atoms with Crippen molar-refractivity contribution in [2.24, 2.45) is 0 Å². The van der Waals surface area contributed by atoms with Crippen molar-refractivity contribution in [3.05, 3.63) is 24.2 Å². The summed E-state index contributed by atoms with van der Waals surface area (Å²) in [7, 11) is -3.34. The molecule has 1 rings (SSSR count). The van der Waals surface area contributed by atoms with Crippen LogP contribution in [0.2, 0.25) is 0 Å². The van der Waals surface area contributed by atoms with E-state index in [1.165, 1.54) is 6.26 Å². The molecule has 0 aliphatic rings. The van der Waals surface area contributed by atoms with Crippen molar-refractivity contribution in [1.29, 1.82) is 0 Å². The van der Waals surface area contributed by atoms with Gasteiger partial charge < -0.3 is 9.73 Å². The molecule has 0 aliphatic carbocycles. The van der Waals surface area contributed by atoms with Crippen molar-refractivity contribution in [1.82, 2.24) is 10.0 Å². The fraction of sp³-hybridized carbons (Fsp3) is 0.667. The Bertz CT molecular complexity index is 428. The second-order valence-corrected chi connectivity index (χ2v) is 6.55. The molecule has 2 N–H and O–H groups in total. The largest absolute Gasteiger partial charge is 0.468 e. The Morgan fingerprint density at radius 2 is 2.11 bits per heavy atom. The standard InChI is InChI=1S/C12H22N2O3S/c1-4-7-13-9-10(2)18(15,16)14-11(3)12-6-5-8-17-12/h5-6,8,10-11,13-14H,4,7,9H2,1-3H3. The third-order valence-electron chi connectivity index (χ3n) is 2.70. The van der Waals surface area contributed by atoms with Gasteiger partial charge in [0.15, 0.2) is 0 Å². The highest BCUT2D eigenvalue weighted by molar-refractivity contribution is 7.90. The predicted molar refractivity (Wildman–Crippen MR) is 71.8 cm³/mol. The van der Waals surface area contributed by atoms with Crippen LogP contribution in [0, 0.1) is 0 Å². The summed E-state index contributed by atoms with van der Waals surface area (Å²) in [5, 5.41) is 2.64. The molecule has 104 valence electrons. The molecule has 0 radical (unpaired) electrons. The molecule has 0 aromatic carbocycles. The summed E-state index contributed by atoms with van der Waals surface area (Å²) in [6.45, 7) is 6.79. The second kappa shape index (κ2) is 6.92. The number of hydrogen-bond donors (Lipinski definition) is 2. The van der Waals surface area contributed by atoms with Crippen LogP contribution >= 0.6 is 0 Å². The highest BCUT2D eigenvalue weighted by Gasteiger charge is 2.23.